The summed E-state index contributed by atoms with van der Waals surface area (Å²) in [7, 11) is 17.4. The van der Waals surface area contributed by atoms with E-state index < -0.39 is 0 Å². The van der Waals surface area contributed by atoms with Crippen LogP contribution in [0.1, 0.15) is 0 Å². The summed E-state index contributed by atoms with van der Waals surface area (Å²) in [5.41, 5.74) is 0. The van der Waals surface area contributed by atoms with Crippen LogP contribution >= 0.6 is 39.3 Å². The molecule has 0 aliphatic heterocycles. The number of hydrogen-bond donors (Lipinski definition) is 0. The van der Waals surface area contributed by atoms with Crippen LogP contribution < -0.4 is 0 Å². The third kappa shape index (κ3) is 121. The molecule has 0 rings (SSSR count). The Morgan fingerprint density at radius 3 is 0.818 bits per heavy atom. The third-order valence-electron chi connectivity index (χ3n) is 0. The Kier molecular flexibility index (Phi) is 269. The van der Waals surface area contributed by atoms with Gasteiger partial charge in [0.15, 0.2) is 0 Å². The fraction of sp³-hybridized carbons (Fsp3) is 0. The van der Waals surface area contributed by atoms with Gasteiger partial charge in [0.25, 0.3) is 0 Å². The molecule has 11 heteroatoms. The third-order valence-corrected chi connectivity index (χ3v) is 0. The Bertz CT molecular complexity index is 66.1. The van der Waals surface area contributed by atoms with E-state index in [4.69, 9.17) is 0 Å². The van der Waals surface area contributed by atoms with Crippen molar-refractivity contribution >= 4 is 93.3 Å². The molecule has 0 aromatic rings. The van der Waals surface area contributed by atoms with E-state index in [0.717, 1.165) is 0 Å². The van der Waals surface area contributed by atoms with Crippen LogP contribution in [0.5, 0.6) is 0 Å². The van der Waals surface area contributed by atoms with Gasteiger partial charge in [-0.2, -0.15) is 0 Å². The molecule has 0 spiro atoms. The summed E-state index contributed by atoms with van der Waals surface area (Å²) in [5.74, 6) is 0. The van der Waals surface area contributed by atoms with Crippen molar-refractivity contribution in [3.8, 4) is 0 Å². The van der Waals surface area contributed by atoms with E-state index in [1.54, 1.807) is 0 Å². The molecule has 0 N–H and O–H groups in total. The van der Waals surface area contributed by atoms with Gasteiger partial charge in [0.05, 0.1) is 0 Å². The minimum absolute atomic E-state index is 0. The van der Waals surface area contributed by atoms with Gasteiger partial charge in [-0.05, 0) is 0 Å². The van der Waals surface area contributed by atoms with Crippen molar-refractivity contribution in [1.29, 1.82) is 0 Å². The van der Waals surface area contributed by atoms with Gasteiger partial charge in [-0.15, -0.1) is 0 Å². The topological polar surface area (TPSA) is 0 Å². The Hall–Kier alpha value is 4.15. The first-order valence-corrected chi connectivity index (χ1v) is 11.8. The molecule has 0 radical (unpaired) electrons. The summed E-state index contributed by atoms with van der Waals surface area (Å²) >= 11 is -0.727. The Morgan fingerprint density at radius 2 is 0.818 bits per heavy atom. The van der Waals surface area contributed by atoms with Gasteiger partial charge in [-0.1, -0.05) is 0 Å². The van der Waals surface area contributed by atoms with E-state index in [1.807, 2.05) is 0 Å². The predicted molar refractivity (Wildman–Crippen MR) is 65.4 cm³/mol. The van der Waals surface area contributed by atoms with Crippen LogP contribution in [-0.4, -0.2) is 0 Å². The number of rotatable bonds is 0. The first-order chi connectivity index (χ1) is 2.83. The molecule has 0 fully saturated rings. The standard InChI is InChI=1S/2Mo.Ni.4H2S.4S/h;;;4*1H2;;;;/q;2*+2;;;;;;;;/p-4. The zero-order chi connectivity index (χ0) is 5.41. The van der Waals surface area contributed by atoms with Crippen LogP contribution in [0.25, 0.3) is 0 Å². The van der Waals surface area contributed by atoms with Gasteiger partial charge in [-0.3, -0.25) is 0 Å². The van der Waals surface area contributed by atoms with Crippen molar-refractivity contribution < 1.29 is 46.3 Å². The summed E-state index contributed by atoms with van der Waals surface area (Å²) < 4.78 is 0. The summed E-state index contributed by atoms with van der Waals surface area (Å²) in [5, 5.41) is 0. The second kappa shape index (κ2) is 64.7. The summed E-state index contributed by atoms with van der Waals surface area (Å²) in [6, 6.07) is 0. The maximum absolute atomic E-state index is 4.34. The van der Waals surface area contributed by atoms with Gasteiger partial charge in [0, 0.05) is 0 Å². The predicted octanol–water partition coefficient (Wildman–Crippen LogP) is 1.50. The molecule has 0 amide bonds. The van der Waals surface area contributed by atoms with Gasteiger partial charge >= 0.3 is 85.6 Å². The Labute approximate surface area is 137 Å². The quantitative estimate of drug-likeness (QED) is 0.270. The molecule has 11 heavy (non-hydrogen) atoms. The van der Waals surface area contributed by atoms with Crippen molar-refractivity contribution in [1.82, 2.24) is 0 Å². The molecule has 0 aromatic carbocycles. The molecule has 0 saturated heterocycles. The maximum atomic E-state index is 4.34. The fourth-order valence-electron chi connectivity index (χ4n) is 0. The molecular formula is H4Mo2NiS8. The monoisotopic (exact) mass is 514 g/mol. The van der Waals surface area contributed by atoms with E-state index in [9.17, 15) is 0 Å². The van der Waals surface area contributed by atoms with Crippen molar-refractivity contribution in [2.75, 3.05) is 0 Å². The molecule has 0 saturated carbocycles. The molecule has 0 heterocycles. The first-order valence-electron chi connectivity index (χ1n) is 0.667. The van der Waals surface area contributed by atoms with E-state index in [1.165, 1.54) is 0 Å². The second-order valence-electron chi connectivity index (χ2n) is 0.136. The second-order valence-corrected chi connectivity index (χ2v) is 7.25. The van der Waals surface area contributed by atoms with E-state index in [2.05, 4.69) is 39.3 Å². The average molecular weight is 511 g/mol. The average Bonchev–Trinajstić information content (AvgIpc) is 1.39. The summed E-state index contributed by atoms with van der Waals surface area (Å²) in [6.45, 7) is 0. The fourth-order valence-corrected chi connectivity index (χ4v) is 0. The van der Waals surface area contributed by atoms with Crippen molar-refractivity contribution in [2.45, 2.75) is 0 Å². The molecular weight excluding hydrogens is 507 g/mol. The molecule has 74 valence electrons. The van der Waals surface area contributed by atoms with Crippen molar-refractivity contribution in [3.05, 3.63) is 0 Å². The van der Waals surface area contributed by atoms with Crippen molar-refractivity contribution in [2.24, 2.45) is 0 Å². The SMILES string of the molecule is [Ni+2].[SH-].[SH-].[SH-].[SH-].[S]=[Mo+2]=[S].[S]=[Mo]=[S]. The molecule has 0 nitrogen and oxygen atoms in total. The first kappa shape index (κ1) is 45.7. The van der Waals surface area contributed by atoms with Gasteiger partial charge < -0.3 is 54.0 Å². The summed E-state index contributed by atoms with van der Waals surface area (Å²) in [4.78, 5) is 0. The molecule has 0 aliphatic carbocycles. The van der Waals surface area contributed by atoms with Crippen molar-refractivity contribution in [3.63, 3.8) is 0 Å². The summed E-state index contributed by atoms with van der Waals surface area (Å²) in [6.07, 6.45) is 0. The molecule has 0 aromatic heterocycles. The number of thiol groups is 4. The molecule has 0 unspecified atom stereocenters. The number of hydrogen-bond acceptors (Lipinski definition) is 8. The van der Waals surface area contributed by atoms with Gasteiger partial charge in [-0.25, -0.2) is 0 Å². The van der Waals surface area contributed by atoms with Crippen LogP contribution in [0, 0.1) is 0 Å². The van der Waals surface area contributed by atoms with E-state index >= 15 is 0 Å². The zero-order valence-corrected chi connectivity index (χ0v) is 16.4. The Morgan fingerprint density at radius 1 is 0.818 bits per heavy atom. The van der Waals surface area contributed by atoms with Crippen LogP contribution in [-0.2, 0) is 100 Å². The molecule has 0 bridgehead atoms. The van der Waals surface area contributed by atoms with Gasteiger partial charge in [0.1, 0.15) is 0 Å². The van der Waals surface area contributed by atoms with Crippen LogP contribution in [0.2, 0.25) is 0 Å². The Balaban J connectivity index is -0.00000000400. The van der Waals surface area contributed by atoms with Crippen LogP contribution in [0.3, 0.4) is 0 Å². The molecule has 0 aliphatic rings. The van der Waals surface area contributed by atoms with Crippen LogP contribution in [0.15, 0.2) is 0 Å². The van der Waals surface area contributed by atoms with E-state index in [-0.39, 0.29) is 100 Å². The minimum atomic E-state index is -0.363. The zero-order valence-electron chi connectivity index (χ0n) is 4.55. The van der Waals surface area contributed by atoms with Crippen LogP contribution in [0.4, 0.5) is 0 Å². The van der Waals surface area contributed by atoms with E-state index in [0.29, 0.717) is 0 Å². The normalized spacial score (nSPS) is 1.82. The van der Waals surface area contributed by atoms with Gasteiger partial charge in [0.2, 0.25) is 0 Å². The molecule has 0 atom stereocenters.